The van der Waals surface area contributed by atoms with Crippen LogP contribution in [0, 0.1) is 6.92 Å². The molecule has 1 aromatic carbocycles. The highest BCUT2D eigenvalue weighted by atomic mass is 16.3. The van der Waals surface area contributed by atoms with Gasteiger partial charge in [-0.25, -0.2) is 0 Å². The zero-order chi connectivity index (χ0) is 11.4. The quantitative estimate of drug-likeness (QED) is 0.776. The first-order valence-corrected chi connectivity index (χ1v) is 4.87. The highest BCUT2D eigenvalue weighted by Crippen LogP contribution is 2.23. The first-order valence-electron chi connectivity index (χ1n) is 4.87. The van der Waals surface area contributed by atoms with E-state index in [2.05, 4.69) is 15.2 Å². The number of aromatic nitrogens is 1. The predicted octanol–water partition coefficient (Wildman–Crippen LogP) is 3.51. The fraction of sp³-hybridized carbons (Fsp3) is 0.0833. The number of aryl methyl sites for hydroxylation is 1. The maximum Gasteiger partial charge on any atom is 0.118 e. The molecule has 0 saturated heterocycles. The largest absolute Gasteiger partial charge is 0.508 e. The van der Waals surface area contributed by atoms with E-state index in [1.807, 2.05) is 13.0 Å². The molecule has 0 spiro atoms. The van der Waals surface area contributed by atoms with Crippen molar-refractivity contribution in [1.29, 1.82) is 0 Å². The summed E-state index contributed by atoms with van der Waals surface area (Å²) in [6, 6.07) is 8.71. The Bertz CT molecular complexity index is 509. The van der Waals surface area contributed by atoms with E-state index in [1.165, 1.54) is 0 Å². The summed E-state index contributed by atoms with van der Waals surface area (Å²) in [5, 5.41) is 17.4. The molecule has 0 aliphatic rings. The van der Waals surface area contributed by atoms with Crippen molar-refractivity contribution in [2.75, 3.05) is 0 Å². The molecule has 1 aromatic heterocycles. The summed E-state index contributed by atoms with van der Waals surface area (Å²) in [4.78, 5) is 3.93. The van der Waals surface area contributed by atoms with Gasteiger partial charge in [0.2, 0.25) is 0 Å². The van der Waals surface area contributed by atoms with Crippen molar-refractivity contribution in [3.63, 3.8) is 0 Å². The highest BCUT2D eigenvalue weighted by molar-refractivity contribution is 5.46. The highest BCUT2D eigenvalue weighted by Gasteiger charge is 1.96. The first-order chi connectivity index (χ1) is 7.75. The third-order valence-electron chi connectivity index (χ3n) is 2.11. The molecule has 4 nitrogen and oxygen atoms in total. The van der Waals surface area contributed by atoms with Crippen molar-refractivity contribution in [1.82, 2.24) is 4.98 Å². The van der Waals surface area contributed by atoms with Gasteiger partial charge in [-0.15, -0.1) is 5.11 Å². The Morgan fingerprint density at radius 3 is 2.62 bits per heavy atom. The minimum atomic E-state index is 0.264. The van der Waals surface area contributed by atoms with Crippen LogP contribution >= 0.6 is 0 Å². The summed E-state index contributed by atoms with van der Waals surface area (Å²) in [6.45, 7) is 1.82. The molecule has 0 fully saturated rings. The number of phenols is 1. The Morgan fingerprint density at radius 2 is 1.94 bits per heavy atom. The zero-order valence-corrected chi connectivity index (χ0v) is 8.83. The lowest BCUT2D eigenvalue weighted by Gasteiger charge is -1.98. The van der Waals surface area contributed by atoms with E-state index in [0.29, 0.717) is 11.4 Å². The summed E-state index contributed by atoms with van der Waals surface area (Å²) in [7, 11) is 0. The number of nitrogens with zero attached hydrogens (tertiary/aromatic N) is 3. The Labute approximate surface area is 93.3 Å². The molecule has 0 unspecified atom stereocenters. The molecule has 2 rings (SSSR count). The second-order valence-electron chi connectivity index (χ2n) is 3.38. The second-order valence-corrected chi connectivity index (χ2v) is 3.38. The maximum atomic E-state index is 9.35. The third-order valence-corrected chi connectivity index (χ3v) is 2.11. The van der Waals surface area contributed by atoms with Crippen LogP contribution in [-0.4, -0.2) is 10.1 Å². The standard InChI is InChI=1S/C12H11N3O/c1-9-7-10(4-5-12(9)16)14-15-11-3-2-6-13-8-11/h2-8,16H,1H3. The second kappa shape index (κ2) is 4.53. The van der Waals surface area contributed by atoms with Gasteiger partial charge in [0.15, 0.2) is 0 Å². The minimum Gasteiger partial charge on any atom is -0.508 e. The molecule has 16 heavy (non-hydrogen) atoms. The molecule has 0 radical (unpaired) electrons. The normalized spacial score (nSPS) is 10.8. The van der Waals surface area contributed by atoms with E-state index < -0.39 is 0 Å². The van der Waals surface area contributed by atoms with Gasteiger partial charge < -0.3 is 5.11 Å². The summed E-state index contributed by atoms with van der Waals surface area (Å²) < 4.78 is 0. The van der Waals surface area contributed by atoms with Crippen LogP contribution in [0.15, 0.2) is 53.0 Å². The molecule has 0 amide bonds. The first kappa shape index (κ1) is 10.3. The van der Waals surface area contributed by atoms with Gasteiger partial charge in [-0.2, -0.15) is 5.11 Å². The van der Waals surface area contributed by atoms with Gasteiger partial charge in [-0.1, -0.05) is 0 Å². The summed E-state index contributed by atoms with van der Waals surface area (Å²) in [5.41, 5.74) is 2.19. The number of pyridine rings is 1. The van der Waals surface area contributed by atoms with Crippen LogP contribution in [0.2, 0.25) is 0 Å². The van der Waals surface area contributed by atoms with Crippen molar-refractivity contribution in [3.05, 3.63) is 48.3 Å². The summed E-state index contributed by atoms with van der Waals surface area (Å²) in [5.74, 6) is 0.264. The molecular weight excluding hydrogens is 202 g/mol. The van der Waals surface area contributed by atoms with Gasteiger partial charge in [-0.3, -0.25) is 4.98 Å². The molecular formula is C12H11N3O. The molecule has 0 bridgehead atoms. The number of hydrogen-bond donors (Lipinski definition) is 1. The fourth-order valence-electron chi connectivity index (χ4n) is 1.23. The van der Waals surface area contributed by atoms with Gasteiger partial charge in [-0.05, 0) is 42.8 Å². The molecule has 0 aliphatic carbocycles. The number of benzene rings is 1. The number of rotatable bonds is 2. The van der Waals surface area contributed by atoms with Crippen molar-refractivity contribution >= 4 is 11.4 Å². The van der Waals surface area contributed by atoms with E-state index in [4.69, 9.17) is 0 Å². The number of aromatic hydroxyl groups is 1. The Morgan fingerprint density at radius 1 is 1.12 bits per heavy atom. The van der Waals surface area contributed by atoms with E-state index >= 15 is 0 Å². The molecule has 0 saturated carbocycles. The fourth-order valence-corrected chi connectivity index (χ4v) is 1.23. The zero-order valence-electron chi connectivity index (χ0n) is 8.83. The average Bonchev–Trinajstić information content (AvgIpc) is 2.32. The molecule has 2 aromatic rings. The molecule has 0 aliphatic heterocycles. The molecule has 80 valence electrons. The van der Waals surface area contributed by atoms with Crippen molar-refractivity contribution in [3.8, 4) is 5.75 Å². The summed E-state index contributed by atoms with van der Waals surface area (Å²) in [6.07, 6.45) is 3.32. The van der Waals surface area contributed by atoms with Gasteiger partial charge in [0, 0.05) is 6.20 Å². The van der Waals surface area contributed by atoms with E-state index in [0.717, 1.165) is 5.56 Å². The van der Waals surface area contributed by atoms with Crippen LogP contribution < -0.4 is 0 Å². The van der Waals surface area contributed by atoms with Gasteiger partial charge >= 0.3 is 0 Å². The Balaban J connectivity index is 2.21. The molecule has 4 heteroatoms. The third kappa shape index (κ3) is 2.42. The monoisotopic (exact) mass is 213 g/mol. The van der Waals surface area contributed by atoms with Crippen molar-refractivity contribution < 1.29 is 5.11 Å². The van der Waals surface area contributed by atoms with E-state index in [9.17, 15) is 5.11 Å². The minimum absolute atomic E-state index is 0.264. The summed E-state index contributed by atoms with van der Waals surface area (Å²) >= 11 is 0. The molecule has 0 atom stereocenters. The lowest BCUT2D eigenvalue weighted by molar-refractivity contribution is 0.471. The predicted molar refractivity (Wildman–Crippen MR) is 61.3 cm³/mol. The Hall–Kier alpha value is -2.23. The van der Waals surface area contributed by atoms with Crippen LogP contribution in [0.25, 0.3) is 0 Å². The number of hydrogen-bond acceptors (Lipinski definition) is 4. The van der Waals surface area contributed by atoms with Gasteiger partial charge in [0.1, 0.15) is 11.4 Å². The molecule has 1 N–H and O–H groups in total. The smallest absolute Gasteiger partial charge is 0.118 e. The van der Waals surface area contributed by atoms with Crippen LogP contribution in [-0.2, 0) is 0 Å². The van der Waals surface area contributed by atoms with Gasteiger partial charge in [0.05, 0.1) is 11.9 Å². The average molecular weight is 213 g/mol. The van der Waals surface area contributed by atoms with E-state index in [1.54, 1.807) is 36.7 Å². The maximum absolute atomic E-state index is 9.35. The lowest BCUT2D eigenvalue weighted by atomic mass is 10.2. The van der Waals surface area contributed by atoms with Crippen molar-refractivity contribution in [2.24, 2.45) is 10.2 Å². The van der Waals surface area contributed by atoms with Gasteiger partial charge in [0.25, 0.3) is 0 Å². The van der Waals surface area contributed by atoms with E-state index in [-0.39, 0.29) is 5.75 Å². The van der Waals surface area contributed by atoms with Crippen LogP contribution in [0.3, 0.4) is 0 Å². The topological polar surface area (TPSA) is 57.8 Å². The number of phenolic OH excluding ortho intramolecular Hbond substituents is 1. The number of azo groups is 1. The van der Waals surface area contributed by atoms with Crippen LogP contribution in [0.4, 0.5) is 11.4 Å². The van der Waals surface area contributed by atoms with Crippen LogP contribution in [0.1, 0.15) is 5.56 Å². The Kier molecular flexibility index (Phi) is 2.91. The van der Waals surface area contributed by atoms with Crippen LogP contribution in [0.5, 0.6) is 5.75 Å². The lowest BCUT2D eigenvalue weighted by Crippen LogP contribution is -1.73. The molecule has 1 heterocycles. The SMILES string of the molecule is Cc1cc(N=Nc2cccnc2)ccc1O. The van der Waals surface area contributed by atoms with Crippen molar-refractivity contribution in [2.45, 2.75) is 6.92 Å².